The summed E-state index contributed by atoms with van der Waals surface area (Å²) in [6.45, 7) is 8.24. The van der Waals surface area contributed by atoms with E-state index in [1.54, 1.807) is 15.9 Å². The first-order valence-corrected chi connectivity index (χ1v) is 13.5. The number of thioether (sulfide) groups is 1. The van der Waals surface area contributed by atoms with Gasteiger partial charge in [0.2, 0.25) is 5.91 Å². The number of anilines is 1. The molecule has 5 rings (SSSR count). The number of hydrogen-bond acceptors (Lipinski definition) is 7. The highest BCUT2D eigenvalue weighted by Crippen LogP contribution is 2.46. The molecular formula is C25H26ClF3N6O3S. The highest BCUT2D eigenvalue weighted by Gasteiger charge is 2.38. The van der Waals surface area contributed by atoms with E-state index in [0.29, 0.717) is 37.3 Å². The van der Waals surface area contributed by atoms with Crippen LogP contribution in [0, 0.1) is 0 Å². The van der Waals surface area contributed by atoms with Gasteiger partial charge in [0.05, 0.1) is 21.0 Å². The molecule has 39 heavy (non-hydrogen) atoms. The molecule has 0 saturated carbocycles. The van der Waals surface area contributed by atoms with Crippen LogP contribution in [0.2, 0.25) is 5.02 Å². The highest BCUT2D eigenvalue weighted by atomic mass is 35.5. The predicted octanol–water partition coefficient (Wildman–Crippen LogP) is 3.95. The minimum atomic E-state index is -4.65. The number of aromatic amines is 1. The molecule has 0 radical (unpaired) electrons. The number of carbonyl (C=O) groups excluding carboxylic acids is 1. The van der Waals surface area contributed by atoms with Crippen LogP contribution in [0.15, 0.2) is 51.7 Å². The zero-order chi connectivity index (χ0) is 28.5. The maximum Gasteiger partial charge on any atom is 0.417 e. The van der Waals surface area contributed by atoms with Crippen molar-refractivity contribution in [2.45, 2.75) is 50.0 Å². The summed E-state index contributed by atoms with van der Waals surface area (Å²) in [6.07, 6.45) is 0.189. The molecule has 1 amide bonds. The Bertz CT molecular complexity index is 1500. The van der Waals surface area contributed by atoms with Crippen molar-refractivity contribution >= 4 is 46.0 Å². The zero-order valence-corrected chi connectivity index (χ0v) is 22.7. The molecular weight excluding hydrogens is 557 g/mol. The van der Waals surface area contributed by atoms with E-state index in [0.717, 1.165) is 6.07 Å². The molecule has 2 aromatic heterocycles. The summed E-state index contributed by atoms with van der Waals surface area (Å²) in [4.78, 5) is 48.9. The minimum Gasteiger partial charge on any atom is -0.352 e. The summed E-state index contributed by atoms with van der Waals surface area (Å²) in [5.74, 6) is 0.522. The lowest BCUT2D eigenvalue weighted by Gasteiger charge is -2.44. The molecule has 1 saturated heterocycles. The van der Waals surface area contributed by atoms with Crippen LogP contribution in [0.25, 0.3) is 10.9 Å². The lowest BCUT2D eigenvalue weighted by Crippen LogP contribution is -2.58. The van der Waals surface area contributed by atoms with Crippen molar-refractivity contribution in [1.29, 1.82) is 0 Å². The number of alkyl halides is 3. The summed E-state index contributed by atoms with van der Waals surface area (Å²) in [5, 5.41) is -0.140. The normalized spacial score (nSPS) is 19.2. The van der Waals surface area contributed by atoms with Gasteiger partial charge in [0.25, 0.3) is 0 Å². The number of aromatic nitrogens is 4. The van der Waals surface area contributed by atoms with Crippen molar-refractivity contribution < 1.29 is 18.0 Å². The van der Waals surface area contributed by atoms with Crippen LogP contribution >= 0.6 is 23.4 Å². The van der Waals surface area contributed by atoms with Crippen molar-refractivity contribution in [2.75, 3.05) is 23.7 Å². The van der Waals surface area contributed by atoms with E-state index in [-0.39, 0.29) is 44.8 Å². The van der Waals surface area contributed by atoms with Gasteiger partial charge in [-0.1, -0.05) is 18.2 Å². The van der Waals surface area contributed by atoms with Crippen LogP contribution in [-0.2, 0) is 17.5 Å². The molecule has 208 valence electrons. The van der Waals surface area contributed by atoms with Gasteiger partial charge >= 0.3 is 17.6 Å². The molecule has 14 heteroatoms. The fourth-order valence-electron chi connectivity index (χ4n) is 4.90. The lowest BCUT2D eigenvalue weighted by atomic mass is 10.1. The molecule has 2 atom stereocenters. The van der Waals surface area contributed by atoms with Gasteiger partial charge in [-0.3, -0.25) is 9.36 Å². The van der Waals surface area contributed by atoms with E-state index in [4.69, 9.17) is 11.6 Å². The van der Waals surface area contributed by atoms with Gasteiger partial charge in [0.1, 0.15) is 5.82 Å². The first kappa shape index (κ1) is 28.7. The number of H-pyrrole nitrogens is 1. The Hall–Kier alpha value is -3.32. The molecule has 2 aliphatic rings. The van der Waals surface area contributed by atoms with E-state index in [9.17, 15) is 27.6 Å². The first-order valence-electron chi connectivity index (χ1n) is 12.1. The molecule has 0 spiro atoms. The Morgan fingerprint density at radius 1 is 1.26 bits per heavy atom. The van der Waals surface area contributed by atoms with E-state index in [1.165, 1.54) is 34.8 Å². The highest BCUT2D eigenvalue weighted by molar-refractivity contribution is 7.99. The Kier molecular flexibility index (Phi) is 8.40. The lowest BCUT2D eigenvalue weighted by molar-refractivity contribution is -0.137. The van der Waals surface area contributed by atoms with Crippen LogP contribution in [0.5, 0.6) is 0 Å². The molecule has 4 heterocycles. The van der Waals surface area contributed by atoms with Crippen LogP contribution in [0.1, 0.15) is 25.8 Å². The second kappa shape index (κ2) is 11.4. The standard InChI is InChI=1S/C21H22ClF3N4O2S.C4H4N2O/c1-4-15(30)29-11(2)9-27(10-12(29)3)19-13-8-14(21(23,24)25)16(22)18-17(13)28(20(31)26-19)6-5-7-32-18;7-4-5-2-1-3-6-4/h4,8,11-12H,1,5-7,9-10H2,2-3H3;1-3H,(H,5,6,7). The average Bonchev–Trinajstić information content (AvgIpc) is 3.11. The topological polar surface area (TPSA) is 104 Å². The third-order valence-electron chi connectivity index (χ3n) is 6.44. The smallest absolute Gasteiger partial charge is 0.352 e. The summed E-state index contributed by atoms with van der Waals surface area (Å²) in [7, 11) is 0. The monoisotopic (exact) mass is 582 g/mol. The molecule has 1 aromatic carbocycles. The van der Waals surface area contributed by atoms with Crippen molar-refractivity contribution in [2.24, 2.45) is 0 Å². The third-order valence-corrected chi connectivity index (χ3v) is 8.13. The summed E-state index contributed by atoms with van der Waals surface area (Å²) >= 11 is 7.44. The predicted molar refractivity (Wildman–Crippen MR) is 144 cm³/mol. The first-order chi connectivity index (χ1) is 18.4. The second-order valence-electron chi connectivity index (χ2n) is 9.17. The van der Waals surface area contributed by atoms with Crippen molar-refractivity contribution in [3.05, 3.63) is 68.7 Å². The van der Waals surface area contributed by atoms with Crippen LogP contribution in [-0.4, -0.2) is 61.3 Å². The van der Waals surface area contributed by atoms with Gasteiger partial charge in [0, 0.05) is 49.5 Å². The van der Waals surface area contributed by atoms with Crippen molar-refractivity contribution in [3.8, 4) is 0 Å². The fourth-order valence-corrected chi connectivity index (χ4v) is 6.39. The van der Waals surface area contributed by atoms with E-state index >= 15 is 0 Å². The number of rotatable bonds is 2. The number of halogens is 4. The van der Waals surface area contributed by atoms with Crippen LogP contribution in [0.3, 0.4) is 0 Å². The third kappa shape index (κ3) is 5.83. The fraction of sp³-hybridized carbons (Fsp3) is 0.400. The Morgan fingerprint density at radius 3 is 2.49 bits per heavy atom. The van der Waals surface area contributed by atoms with Gasteiger partial charge in [-0.15, -0.1) is 11.8 Å². The Morgan fingerprint density at radius 2 is 1.95 bits per heavy atom. The molecule has 2 aliphatic heterocycles. The molecule has 1 fully saturated rings. The van der Waals surface area contributed by atoms with Gasteiger partial charge in [0.15, 0.2) is 0 Å². The van der Waals surface area contributed by atoms with Gasteiger partial charge in [-0.25, -0.2) is 14.6 Å². The molecule has 2 unspecified atom stereocenters. The Balaban J connectivity index is 0.000000438. The summed E-state index contributed by atoms with van der Waals surface area (Å²) in [6, 6.07) is 2.16. The van der Waals surface area contributed by atoms with Gasteiger partial charge in [-0.2, -0.15) is 18.2 Å². The molecule has 0 bridgehead atoms. The second-order valence-corrected chi connectivity index (χ2v) is 10.7. The maximum atomic E-state index is 13.8. The zero-order valence-electron chi connectivity index (χ0n) is 21.2. The quantitative estimate of drug-likeness (QED) is 0.456. The van der Waals surface area contributed by atoms with E-state index in [2.05, 4.69) is 21.5 Å². The molecule has 3 aromatic rings. The van der Waals surface area contributed by atoms with Crippen LogP contribution < -0.4 is 16.3 Å². The van der Waals surface area contributed by atoms with E-state index < -0.39 is 17.4 Å². The number of benzene rings is 1. The van der Waals surface area contributed by atoms with Gasteiger partial charge < -0.3 is 14.8 Å². The van der Waals surface area contributed by atoms with E-state index in [1.807, 2.05) is 13.8 Å². The number of amides is 1. The average molecular weight is 583 g/mol. The number of nitrogens with one attached hydrogen (secondary N) is 1. The van der Waals surface area contributed by atoms with Gasteiger partial charge in [-0.05, 0) is 44.2 Å². The number of nitrogens with zero attached hydrogens (tertiary/aromatic N) is 5. The molecule has 1 N–H and O–H groups in total. The van der Waals surface area contributed by atoms with Crippen LogP contribution in [0.4, 0.5) is 19.0 Å². The Labute approximate surface area is 230 Å². The summed E-state index contributed by atoms with van der Waals surface area (Å²) < 4.78 is 42.9. The largest absolute Gasteiger partial charge is 0.417 e. The SMILES string of the molecule is C=CC(=O)N1C(C)CN(c2nc(=O)n3c4c(c(Cl)c(C(F)(F)F)cc24)SCCC3)CC1C.O=c1nccc[nH]1. The van der Waals surface area contributed by atoms with Crippen molar-refractivity contribution in [1.82, 2.24) is 24.4 Å². The minimum absolute atomic E-state index is 0.191. The maximum absolute atomic E-state index is 13.8. The number of aryl methyl sites for hydroxylation is 1. The van der Waals surface area contributed by atoms with Crippen molar-refractivity contribution in [3.63, 3.8) is 0 Å². The molecule has 9 nitrogen and oxygen atoms in total. The number of hydrogen-bond donors (Lipinski definition) is 1. The molecule has 0 aliphatic carbocycles. The number of piperazine rings is 1. The number of carbonyl (C=O) groups is 1. The summed E-state index contributed by atoms with van der Waals surface area (Å²) in [5.41, 5.74) is -1.37.